The minimum absolute atomic E-state index is 0.0207. The zero-order valence-corrected chi connectivity index (χ0v) is 12.9. The first-order valence-electron chi connectivity index (χ1n) is 7.22. The smallest absolute Gasteiger partial charge is 0.347 e. The van der Waals surface area contributed by atoms with Gasteiger partial charge in [0.1, 0.15) is 5.82 Å². The largest absolute Gasteiger partial charge is 0.416 e. The van der Waals surface area contributed by atoms with Gasteiger partial charge in [-0.2, -0.15) is 13.2 Å². The van der Waals surface area contributed by atoms with Gasteiger partial charge in [0.25, 0.3) is 0 Å². The molecule has 0 unspecified atom stereocenters. The summed E-state index contributed by atoms with van der Waals surface area (Å²) in [5.74, 6) is -1.55. The van der Waals surface area contributed by atoms with Crippen LogP contribution in [0.2, 0.25) is 0 Å². The third kappa shape index (κ3) is 5.91. The molecule has 4 nitrogen and oxygen atoms in total. The summed E-state index contributed by atoms with van der Waals surface area (Å²) in [5.41, 5.74) is -0.338. The molecule has 2 rings (SSSR count). The minimum Gasteiger partial charge on any atom is -0.347 e. The fourth-order valence-corrected chi connectivity index (χ4v) is 2.01. The molecule has 2 N–H and O–H groups in total. The molecule has 2 amide bonds. The number of benzene rings is 2. The number of alkyl halides is 3. The first-order chi connectivity index (χ1) is 11.7. The molecule has 132 valence electrons. The second kappa shape index (κ2) is 7.78. The number of rotatable bonds is 5. The fraction of sp³-hybridized carbons (Fsp3) is 0.176. The second-order valence-electron chi connectivity index (χ2n) is 5.21. The lowest BCUT2D eigenvalue weighted by Gasteiger charge is -2.10. The molecular formula is C17H14F4N2O2. The molecule has 25 heavy (non-hydrogen) atoms. The van der Waals surface area contributed by atoms with E-state index in [0.29, 0.717) is 5.56 Å². The lowest BCUT2D eigenvalue weighted by atomic mass is 10.1. The molecule has 0 aromatic heterocycles. The summed E-state index contributed by atoms with van der Waals surface area (Å²) in [4.78, 5) is 23.4. The van der Waals surface area contributed by atoms with Gasteiger partial charge in [-0.25, -0.2) is 4.39 Å². The maximum Gasteiger partial charge on any atom is 0.416 e. The fourth-order valence-electron chi connectivity index (χ4n) is 2.01. The van der Waals surface area contributed by atoms with Crippen LogP contribution < -0.4 is 10.6 Å². The van der Waals surface area contributed by atoms with E-state index in [1.165, 1.54) is 36.4 Å². The maximum atomic E-state index is 12.8. The third-order valence-corrected chi connectivity index (χ3v) is 3.20. The van der Waals surface area contributed by atoms with E-state index >= 15 is 0 Å². The molecule has 2 aromatic rings. The van der Waals surface area contributed by atoms with Crippen LogP contribution in [0.25, 0.3) is 0 Å². The van der Waals surface area contributed by atoms with Crippen molar-refractivity contribution < 1.29 is 27.2 Å². The van der Waals surface area contributed by atoms with Crippen molar-refractivity contribution in [3.05, 3.63) is 65.5 Å². The molecule has 0 fully saturated rings. The molecule has 0 saturated heterocycles. The monoisotopic (exact) mass is 354 g/mol. The quantitative estimate of drug-likeness (QED) is 0.811. The van der Waals surface area contributed by atoms with E-state index < -0.39 is 35.9 Å². The van der Waals surface area contributed by atoms with Gasteiger partial charge >= 0.3 is 6.18 Å². The highest BCUT2D eigenvalue weighted by Gasteiger charge is 2.30. The average molecular weight is 354 g/mol. The van der Waals surface area contributed by atoms with Crippen LogP contribution in [0.4, 0.5) is 23.2 Å². The summed E-state index contributed by atoms with van der Waals surface area (Å²) >= 11 is 0. The molecule has 0 saturated carbocycles. The Balaban J connectivity index is 1.84. The molecule has 0 aliphatic heterocycles. The minimum atomic E-state index is -4.51. The van der Waals surface area contributed by atoms with Gasteiger partial charge in [-0.05, 0) is 35.9 Å². The van der Waals surface area contributed by atoms with Crippen molar-refractivity contribution in [2.75, 3.05) is 11.9 Å². The maximum absolute atomic E-state index is 12.8. The zero-order chi connectivity index (χ0) is 18.4. The van der Waals surface area contributed by atoms with Crippen LogP contribution in [-0.4, -0.2) is 18.4 Å². The SMILES string of the molecule is O=C(Cc1ccc(F)cc1)NCC(=O)Nc1cccc(C(F)(F)F)c1. The van der Waals surface area contributed by atoms with Gasteiger partial charge in [0.15, 0.2) is 0 Å². The highest BCUT2D eigenvalue weighted by atomic mass is 19.4. The van der Waals surface area contributed by atoms with Gasteiger partial charge in [0.2, 0.25) is 11.8 Å². The van der Waals surface area contributed by atoms with E-state index in [4.69, 9.17) is 0 Å². The van der Waals surface area contributed by atoms with Crippen molar-refractivity contribution >= 4 is 17.5 Å². The molecule has 0 atom stereocenters. The van der Waals surface area contributed by atoms with E-state index in [1.807, 2.05) is 0 Å². The molecule has 8 heteroatoms. The predicted octanol–water partition coefficient (Wildman–Crippen LogP) is 3.14. The summed E-state index contributed by atoms with van der Waals surface area (Å²) in [6.07, 6.45) is -4.55. The van der Waals surface area contributed by atoms with Crippen LogP contribution in [0, 0.1) is 5.82 Å². The molecule has 0 heterocycles. The van der Waals surface area contributed by atoms with E-state index in [2.05, 4.69) is 10.6 Å². The van der Waals surface area contributed by atoms with E-state index in [1.54, 1.807) is 0 Å². The van der Waals surface area contributed by atoms with Gasteiger partial charge in [-0.1, -0.05) is 18.2 Å². The highest BCUT2D eigenvalue weighted by molar-refractivity contribution is 5.94. The normalized spacial score (nSPS) is 11.0. The molecule has 0 radical (unpaired) electrons. The topological polar surface area (TPSA) is 58.2 Å². The van der Waals surface area contributed by atoms with Gasteiger partial charge in [-0.3, -0.25) is 9.59 Å². The van der Waals surface area contributed by atoms with E-state index in [0.717, 1.165) is 12.1 Å². The van der Waals surface area contributed by atoms with Crippen LogP contribution in [0.1, 0.15) is 11.1 Å². The molecule has 0 spiro atoms. The Hall–Kier alpha value is -2.90. The van der Waals surface area contributed by atoms with Crippen molar-refractivity contribution in [2.24, 2.45) is 0 Å². The van der Waals surface area contributed by atoms with E-state index in [9.17, 15) is 27.2 Å². The van der Waals surface area contributed by atoms with E-state index in [-0.39, 0.29) is 12.1 Å². The van der Waals surface area contributed by atoms with Crippen molar-refractivity contribution in [1.29, 1.82) is 0 Å². The predicted molar refractivity (Wildman–Crippen MR) is 83.2 cm³/mol. The lowest BCUT2D eigenvalue weighted by Crippen LogP contribution is -2.33. The summed E-state index contributed by atoms with van der Waals surface area (Å²) in [6, 6.07) is 9.48. The van der Waals surface area contributed by atoms with Crippen LogP contribution in [0.3, 0.4) is 0 Å². The van der Waals surface area contributed by atoms with Gasteiger partial charge < -0.3 is 10.6 Å². The molecule has 2 aromatic carbocycles. The zero-order valence-electron chi connectivity index (χ0n) is 12.9. The summed E-state index contributed by atoms with van der Waals surface area (Å²) in [6.45, 7) is -0.393. The first-order valence-corrected chi connectivity index (χ1v) is 7.22. The van der Waals surface area contributed by atoms with Crippen LogP contribution in [0.15, 0.2) is 48.5 Å². The number of amides is 2. The molecule has 0 aliphatic rings. The Bertz CT molecular complexity index is 758. The number of hydrogen-bond donors (Lipinski definition) is 2. The standard InChI is InChI=1S/C17H14F4N2O2/c18-13-6-4-11(5-7-13)8-15(24)22-10-16(25)23-14-3-1-2-12(9-14)17(19,20)21/h1-7,9H,8,10H2,(H,22,24)(H,23,25). The van der Waals surface area contributed by atoms with Crippen molar-refractivity contribution in [1.82, 2.24) is 5.32 Å². The van der Waals surface area contributed by atoms with Gasteiger partial charge in [-0.15, -0.1) is 0 Å². The molecular weight excluding hydrogens is 340 g/mol. The van der Waals surface area contributed by atoms with Crippen molar-refractivity contribution in [3.63, 3.8) is 0 Å². The van der Waals surface area contributed by atoms with Crippen LogP contribution >= 0.6 is 0 Å². The number of halogens is 4. The Morgan fingerprint density at radius 3 is 2.28 bits per heavy atom. The Morgan fingerprint density at radius 1 is 0.960 bits per heavy atom. The van der Waals surface area contributed by atoms with Crippen molar-refractivity contribution in [3.8, 4) is 0 Å². The number of carbonyl (C=O) groups excluding carboxylic acids is 2. The van der Waals surface area contributed by atoms with Crippen LogP contribution in [-0.2, 0) is 22.2 Å². The highest BCUT2D eigenvalue weighted by Crippen LogP contribution is 2.30. The summed E-state index contributed by atoms with van der Waals surface area (Å²) < 4.78 is 50.6. The number of hydrogen-bond acceptors (Lipinski definition) is 2. The third-order valence-electron chi connectivity index (χ3n) is 3.20. The number of carbonyl (C=O) groups is 2. The number of nitrogens with one attached hydrogen (secondary N) is 2. The number of anilines is 1. The Kier molecular flexibility index (Phi) is 5.74. The van der Waals surface area contributed by atoms with Gasteiger partial charge in [0, 0.05) is 5.69 Å². The Labute approximate surface area is 140 Å². The molecule has 0 bridgehead atoms. The second-order valence-corrected chi connectivity index (χ2v) is 5.21. The first kappa shape index (κ1) is 18.4. The van der Waals surface area contributed by atoms with Crippen molar-refractivity contribution in [2.45, 2.75) is 12.6 Å². The van der Waals surface area contributed by atoms with Gasteiger partial charge in [0.05, 0.1) is 18.5 Å². The van der Waals surface area contributed by atoms with Crippen LogP contribution in [0.5, 0.6) is 0 Å². The molecule has 0 aliphatic carbocycles. The summed E-state index contributed by atoms with van der Waals surface area (Å²) in [7, 11) is 0. The Morgan fingerprint density at radius 2 is 1.64 bits per heavy atom. The average Bonchev–Trinajstić information content (AvgIpc) is 2.55. The lowest BCUT2D eigenvalue weighted by molar-refractivity contribution is -0.137. The summed E-state index contributed by atoms with van der Waals surface area (Å²) in [5, 5.41) is 4.62.